The zero-order valence-corrected chi connectivity index (χ0v) is 7.43. The van der Waals surface area contributed by atoms with Gasteiger partial charge in [0.2, 0.25) is 5.91 Å². The highest BCUT2D eigenvalue weighted by atomic mass is 19.4. The molecular weight excluding hydrogens is 187 g/mol. The minimum atomic E-state index is -4.48. The van der Waals surface area contributed by atoms with E-state index >= 15 is 0 Å². The molecule has 0 fully saturated rings. The lowest BCUT2D eigenvalue weighted by molar-refractivity contribution is -0.161. The van der Waals surface area contributed by atoms with E-state index in [1.165, 1.54) is 14.0 Å². The number of rotatable bonds is 3. The molecule has 13 heavy (non-hydrogen) atoms. The van der Waals surface area contributed by atoms with Gasteiger partial charge in [0.1, 0.15) is 6.42 Å². The lowest BCUT2D eigenvalue weighted by atomic mass is 10.3. The van der Waals surface area contributed by atoms with Crippen molar-refractivity contribution in [2.45, 2.75) is 25.6 Å². The normalized spacial score (nSPS) is 14.0. The van der Waals surface area contributed by atoms with Gasteiger partial charge in [0.25, 0.3) is 0 Å². The Morgan fingerprint density at radius 2 is 2.00 bits per heavy atom. The molecule has 0 aromatic heterocycles. The van der Waals surface area contributed by atoms with E-state index in [9.17, 15) is 18.0 Å². The molecule has 78 valence electrons. The first kappa shape index (κ1) is 12.2. The van der Waals surface area contributed by atoms with Crippen LogP contribution in [-0.2, 0) is 4.79 Å². The Bertz CT molecular complexity index is 179. The Hall–Kier alpha value is -0.780. The van der Waals surface area contributed by atoms with Gasteiger partial charge in [-0.05, 0) is 6.92 Å². The van der Waals surface area contributed by atoms with Crippen molar-refractivity contribution in [3.63, 3.8) is 0 Å². The van der Waals surface area contributed by atoms with Crippen LogP contribution in [-0.4, -0.2) is 41.8 Å². The third-order valence-corrected chi connectivity index (χ3v) is 1.32. The second-order valence-corrected chi connectivity index (χ2v) is 2.92. The maximum atomic E-state index is 11.7. The predicted molar refractivity (Wildman–Crippen MR) is 40.0 cm³/mol. The van der Waals surface area contributed by atoms with Crippen LogP contribution in [0.15, 0.2) is 0 Å². The topological polar surface area (TPSA) is 40.5 Å². The second kappa shape index (κ2) is 4.45. The molecule has 0 radical (unpaired) electrons. The monoisotopic (exact) mass is 199 g/mol. The minimum absolute atomic E-state index is 0.0884. The van der Waals surface area contributed by atoms with E-state index < -0.39 is 24.6 Å². The zero-order valence-electron chi connectivity index (χ0n) is 7.43. The smallest absolute Gasteiger partial charge is 0.392 e. The number of likely N-dealkylation sites (N-methyl/N-ethyl adjacent to an activating group) is 1. The lowest BCUT2D eigenvalue weighted by Crippen LogP contribution is -2.35. The number of halogens is 3. The van der Waals surface area contributed by atoms with Crippen LogP contribution in [0.2, 0.25) is 0 Å². The quantitative estimate of drug-likeness (QED) is 0.729. The summed E-state index contributed by atoms with van der Waals surface area (Å²) in [5, 5.41) is 8.79. The summed E-state index contributed by atoms with van der Waals surface area (Å²) in [5.41, 5.74) is 0. The van der Waals surface area contributed by atoms with Gasteiger partial charge in [-0.15, -0.1) is 0 Å². The van der Waals surface area contributed by atoms with Crippen LogP contribution in [0.5, 0.6) is 0 Å². The molecule has 0 bridgehead atoms. The summed E-state index contributed by atoms with van der Waals surface area (Å²) in [4.78, 5) is 11.6. The number of aliphatic hydroxyl groups is 1. The Labute approximate surface area is 74.1 Å². The Kier molecular flexibility index (Phi) is 4.19. The highest BCUT2D eigenvalue weighted by Crippen LogP contribution is 2.20. The van der Waals surface area contributed by atoms with Crippen molar-refractivity contribution in [2.24, 2.45) is 0 Å². The summed E-state index contributed by atoms with van der Waals surface area (Å²) in [6, 6.07) is 0. The van der Waals surface area contributed by atoms with Crippen molar-refractivity contribution in [1.29, 1.82) is 0 Å². The molecule has 0 saturated carbocycles. The molecule has 1 atom stereocenters. The molecule has 0 aliphatic heterocycles. The number of carbonyl (C=O) groups is 1. The van der Waals surface area contributed by atoms with E-state index in [1.807, 2.05) is 0 Å². The second-order valence-electron chi connectivity index (χ2n) is 2.92. The maximum Gasteiger partial charge on any atom is 0.397 e. The predicted octanol–water partition coefficient (Wildman–Crippen LogP) is 0.778. The fourth-order valence-corrected chi connectivity index (χ4v) is 0.805. The molecule has 0 aromatic carbocycles. The molecule has 1 unspecified atom stereocenters. The largest absolute Gasteiger partial charge is 0.397 e. The Morgan fingerprint density at radius 3 is 2.31 bits per heavy atom. The fourth-order valence-electron chi connectivity index (χ4n) is 0.805. The van der Waals surface area contributed by atoms with E-state index in [0.717, 1.165) is 4.90 Å². The van der Waals surface area contributed by atoms with Gasteiger partial charge < -0.3 is 10.0 Å². The summed E-state index contributed by atoms with van der Waals surface area (Å²) < 4.78 is 35.1. The van der Waals surface area contributed by atoms with Crippen LogP contribution in [0, 0.1) is 0 Å². The summed E-state index contributed by atoms with van der Waals surface area (Å²) >= 11 is 0. The van der Waals surface area contributed by atoms with E-state index in [1.54, 1.807) is 0 Å². The summed E-state index contributed by atoms with van der Waals surface area (Å²) in [6.07, 6.45) is -6.78. The van der Waals surface area contributed by atoms with E-state index in [2.05, 4.69) is 0 Å². The number of hydrogen-bond acceptors (Lipinski definition) is 2. The van der Waals surface area contributed by atoms with Crippen molar-refractivity contribution < 1.29 is 23.1 Å². The summed E-state index contributed by atoms with van der Waals surface area (Å²) in [6.45, 7) is 1.31. The first-order chi connectivity index (χ1) is 5.72. The van der Waals surface area contributed by atoms with Gasteiger partial charge in [-0.25, -0.2) is 0 Å². The van der Waals surface area contributed by atoms with Crippen molar-refractivity contribution in [3.8, 4) is 0 Å². The van der Waals surface area contributed by atoms with E-state index in [0.29, 0.717) is 0 Å². The van der Waals surface area contributed by atoms with Crippen LogP contribution in [0.4, 0.5) is 13.2 Å². The third kappa shape index (κ3) is 6.39. The Morgan fingerprint density at radius 1 is 1.54 bits per heavy atom. The van der Waals surface area contributed by atoms with Gasteiger partial charge in [-0.1, -0.05) is 0 Å². The molecule has 0 rings (SSSR count). The first-order valence-corrected chi connectivity index (χ1v) is 3.71. The molecule has 6 heteroatoms. The average molecular weight is 199 g/mol. The molecule has 1 N–H and O–H groups in total. The number of nitrogens with zero attached hydrogens (tertiary/aromatic N) is 1. The number of alkyl halides is 3. The standard InChI is InChI=1S/C7H12F3NO2/c1-5(12)4-11(2)6(13)3-7(8,9)10/h5,12H,3-4H2,1-2H3. The van der Waals surface area contributed by atoms with Crippen LogP contribution >= 0.6 is 0 Å². The first-order valence-electron chi connectivity index (χ1n) is 3.71. The maximum absolute atomic E-state index is 11.7. The minimum Gasteiger partial charge on any atom is -0.392 e. The summed E-state index contributed by atoms with van der Waals surface area (Å²) in [5.74, 6) is -1.03. The lowest BCUT2D eigenvalue weighted by Gasteiger charge is -2.19. The van der Waals surface area contributed by atoms with Crippen molar-refractivity contribution in [3.05, 3.63) is 0 Å². The van der Waals surface area contributed by atoms with Gasteiger partial charge in [-0.2, -0.15) is 13.2 Å². The number of aliphatic hydroxyl groups excluding tert-OH is 1. The van der Waals surface area contributed by atoms with Crippen LogP contribution in [0.3, 0.4) is 0 Å². The highest BCUT2D eigenvalue weighted by molar-refractivity contribution is 5.76. The molecule has 1 amide bonds. The van der Waals surface area contributed by atoms with Gasteiger partial charge >= 0.3 is 6.18 Å². The molecule has 0 saturated heterocycles. The fraction of sp³-hybridized carbons (Fsp3) is 0.857. The molecule has 3 nitrogen and oxygen atoms in total. The van der Waals surface area contributed by atoms with Gasteiger partial charge in [0.15, 0.2) is 0 Å². The average Bonchev–Trinajstić information content (AvgIpc) is 1.81. The SMILES string of the molecule is CC(O)CN(C)C(=O)CC(F)(F)F. The molecule has 0 aliphatic carbocycles. The number of amides is 1. The molecule has 0 spiro atoms. The van der Waals surface area contributed by atoms with Gasteiger partial charge in [0.05, 0.1) is 6.10 Å². The van der Waals surface area contributed by atoms with Gasteiger partial charge in [0, 0.05) is 13.6 Å². The van der Waals surface area contributed by atoms with E-state index in [-0.39, 0.29) is 6.54 Å². The molecule has 0 aliphatic rings. The number of hydrogen-bond donors (Lipinski definition) is 1. The Balaban J connectivity index is 3.97. The molecule has 0 aromatic rings. The zero-order chi connectivity index (χ0) is 10.6. The molecular formula is C7H12F3NO2. The summed E-state index contributed by atoms with van der Waals surface area (Å²) in [7, 11) is 1.22. The van der Waals surface area contributed by atoms with Crippen LogP contribution in [0.25, 0.3) is 0 Å². The van der Waals surface area contributed by atoms with Crippen molar-refractivity contribution in [1.82, 2.24) is 4.90 Å². The number of carbonyl (C=O) groups excluding carboxylic acids is 1. The van der Waals surface area contributed by atoms with Crippen molar-refractivity contribution >= 4 is 5.91 Å². The van der Waals surface area contributed by atoms with E-state index in [4.69, 9.17) is 5.11 Å². The molecule has 0 heterocycles. The third-order valence-electron chi connectivity index (χ3n) is 1.32. The van der Waals surface area contributed by atoms with Gasteiger partial charge in [-0.3, -0.25) is 4.79 Å². The highest BCUT2D eigenvalue weighted by Gasteiger charge is 2.32. The van der Waals surface area contributed by atoms with Crippen LogP contribution in [0.1, 0.15) is 13.3 Å². The van der Waals surface area contributed by atoms with Crippen LogP contribution < -0.4 is 0 Å². The van der Waals surface area contributed by atoms with Crippen molar-refractivity contribution in [2.75, 3.05) is 13.6 Å².